The van der Waals surface area contributed by atoms with Crippen LogP contribution >= 0.6 is 11.6 Å². The van der Waals surface area contributed by atoms with Gasteiger partial charge < -0.3 is 45.4 Å². The first-order chi connectivity index (χ1) is 33.1. The number of hydrogen-bond donors (Lipinski definition) is 5. The average Bonchev–Trinajstić information content (AvgIpc) is 3.89. The van der Waals surface area contributed by atoms with E-state index in [1.54, 1.807) is 35.2 Å². The van der Waals surface area contributed by atoms with E-state index in [1.807, 2.05) is 51.4 Å². The van der Waals surface area contributed by atoms with Gasteiger partial charge in [-0.3, -0.25) is 9.59 Å². The second-order valence-corrected chi connectivity index (χ2v) is 21.4. The third-order valence-corrected chi connectivity index (χ3v) is 15.7. The van der Waals surface area contributed by atoms with E-state index in [4.69, 9.17) is 28.0 Å². The van der Waals surface area contributed by atoms with Gasteiger partial charge in [0.05, 0.1) is 22.9 Å². The lowest BCUT2D eigenvalue weighted by Gasteiger charge is -2.61. The lowest BCUT2D eigenvalue weighted by molar-refractivity contribution is -0.142. The molecule has 360 valence electrons. The Morgan fingerprint density at radius 3 is 2.46 bits per heavy atom. The first-order valence-corrected chi connectivity index (χ1v) is 24.5. The molecule has 3 aromatic heterocycles. The van der Waals surface area contributed by atoms with Crippen LogP contribution in [0.3, 0.4) is 0 Å². The molecule has 0 unspecified atom stereocenters. The molecule has 3 saturated heterocycles. The van der Waals surface area contributed by atoms with E-state index in [0.717, 1.165) is 79.6 Å². The molecule has 1 spiro atoms. The monoisotopic (exact) mass is 953 g/mol. The number of para-hydroxylation sites is 1. The molecule has 4 fully saturated rings. The summed E-state index contributed by atoms with van der Waals surface area (Å²) in [7, 11) is 0. The van der Waals surface area contributed by atoms with Gasteiger partial charge in [-0.25, -0.2) is 14.8 Å². The number of nitrogens with one attached hydrogen (secondary N) is 3. The van der Waals surface area contributed by atoms with Crippen molar-refractivity contribution < 1.29 is 24.6 Å². The summed E-state index contributed by atoms with van der Waals surface area (Å²) in [4.78, 5) is 62.7. The van der Waals surface area contributed by atoms with Crippen LogP contribution in [0.25, 0.3) is 22.3 Å². The summed E-state index contributed by atoms with van der Waals surface area (Å²) in [6.07, 6.45) is 13.7. The summed E-state index contributed by atoms with van der Waals surface area (Å²) in [5.74, 6) is 3.01. The SMILES string of the molecule is C#Cc1ccc(CNC(=O)[C@@H]2C[C@@H](O)CN2C(=O)[C@@H](NC(=O)N2CC3(CC(N4CCC(c5cnc(N6CCc7[nH]c8nnc(-c9ccccc9O)cc8c7[C@H]6C)nc5)CC4)C3)C2)C(C)(C)C)cc1Cl. The molecule has 7 heterocycles. The Kier molecular flexibility index (Phi) is 12.3. The Bertz CT molecular complexity index is 2820. The minimum atomic E-state index is -0.904. The number of likely N-dealkylation sites (tertiary alicyclic amines) is 3. The molecule has 0 bridgehead atoms. The normalized spacial score (nSPS) is 22.2. The van der Waals surface area contributed by atoms with E-state index in [0.29, 0.717) is 52.8 Å². The Balaban J connectivity index is 0.693. The molecule has 10 rings (SSSR count). The van der Waals surface area contributed by atoms with E-state index in [-0.39, 0.29) is 48.7 Å². The highest BCUT2D eigenvalue weighted by atomic mass is 35.5. The lowest BCUT2D eigenvalue weighted by Crippen LogP contribution is -2.70. The number of benzene rings is 2. The fourth-order valence-electron chi connectivity index (χ4n) is 11.5. The third-order valence-electron chi connectivity index (χ3n) is 15.4. The molecular weight excluding hydrogens is 894 g/mol. The summed E-state index contributed by atoms with van der Waals surface area (Å²) in [6, 6.07) is 12.8. The number of fused-ring (bicyclic) bond motifs is 3. The third kappa shape index (κ3) is 8.96. The number of urea groups is 1. The maximum absolute atomic E-state index is 14.2. The molecule has 4 aliphatic heterocycles. The van der Waals surface area contributed by atoms with Gasteiger partial charge in [-0.2, -0.15) is 0 Å². The summed E-state index contributed by atoms with van der Waals surface area (Å²) >= 11 is 6.26. The number of aliphatic hydroxyl groups is 1. The zero-order valence-electron chi connectivity index (χ0n) is 39.6. The van der Waals surface area contributed by atoms with Crippen molar-refractivity contribution in [1.82, 2.24) is 50.5 Å². The van der Waals surface area contributed by atoms with Gasteiger partial charge in [-0.05, 0) is 98.5 Å². The van der Waals surface area contributed by atoms with Gasteiger partial charge in [0.2, 0.25) is 17.8 Å². The van der Waals surface area contributed by atoms with E-state index >= 15 is 0 Å². The smallest absolute Gasteiger partial charge is 0.318 e. The van der Waals surface area contributed by atoms with Crippen molar-refractivity contribution in [2.75, 3.05) is 44.2 Å². The maximum Gasteiger partial charge on any atom is 0.318 e. The van der Waals surface area contributed by atoms with Crippen LogP contribution in [0.2, 0.25) is 5.02 Å². The number of aliphatic hydroxyl groups excluding tert-OH is 1. The number of amides is 4. The van der Waals surface area contributed by atoms with Gasteiger partial charge in [-0.1, -0.05) is 56.5 Å². The second kappa shape index (κ2) is 18.2. The number of aromatic amines is 1. The minimum Gasteiger partial charge on any atom is -0.507 e. The number of piperidine rings is 1. The van der Waals surface area contributed by atoms with Crippen LogP contribution in [0, 0.1) is 23.2 Å². The molecule has 16 nitrogen and oxygen atoms in total. The van der Waals surface area contributed by atoms with Crippen molar-refractivity contribution in [1.29, 1.82) is 0 Å². The summed E-state index contributed by atoms with van der Waals surface area (Å²) in [5.41, 5.74) is 6.22. The number of rotatable bonds is 9. The zero-order chi connectivity index (χ0) is 48.4. The molecule has 2 aromatic carbocycles. The fourth-order valence-corrected chi connectivity index (χ4v) is 11.8. The van der Waals surface area contributed by atoms with Gasteiger partial charge in [0.25, 0.3) is 0 Å². The zero-order valence-corrected chi connectivity index (χ0v) is 40.3. The van der Waals surface area contributed by atoms with Crippen LogP contribution in [0.4, 0.5) is 10.7 Å². The number of anilines is 1. The highest BCUT2D eigenvalue weighted by molar-refractivity contribution is 6.31. The predicted octanol–water partition coefficient (Wildman–Crippen LogP) is 5.93. The number of phenolic OH excluding ortho intramolecular Hbond substituents is 1. The van der Waals surface area contributed by atoms with Gasteiger partial charge in [0.1, 0.15) is 17.8 Å². The van der Waals surface area contributed by atoms with Gasteiger partial charge in [-0.15, -0.1) is 16.6 Å². The molecule has 4 amide bonds. The quantitative estimate of drug-likeness (QED) is 0.110. The number of hydrogen-bond acceptors (Lipinski definition) is 11. The topological polar surface area (TPSA) is 196 Å². The number of carbonyl (C=O) groups excluding carboxylic acids is 3. The number of phenols is 1. The van der Waals surface area contributed by atoms with Gasteiger partial charge >= 0.3 is 6.03 Å². The van der Waals surface area contributed by atoms with Crippen LogP contribution in [0.15, 0.2) is 60.9 Å². The molecule has 69 heavy (non-hydrogen) atoms. The molecule has 1 saturated carbocycles. The Morgan fingerprint density at radius 1 is 1.03 bits per heavy atom. The van der Waals surface area contributed by atoms with Crippen LogP contribution in [-0.2, 0) is 22.6 Å². The summed E-state index contributed by atoms with van der Waals surface area (Å²) < 4.78 is 0. The van der Waals surface area contributed by atoms with Gasteiger partial charge in [0, 0.05) is 97.2 Å². The molecule has 5 aromatic rings. The van der Waals surface area contributed by atoms with Crippen molar-refractivity contribution in [2.45, 2.75) is 109 Å². The van der Waals surface area contributed by atoms with E-state index in [9.17, 15) is 24.6 Å². The molecule has 5 aliphatic rings. The Morgan fingerprint density at radius 2 is 1.77 bits per heavy atom. The first kappa shape index (κ1) is 46.4. The van der Waals surface area contributed by atoms with Crippen LogP contribution < -0.4 is 15.5 Å². The van der Waals surface area contributed by atoms with Crippen LogP contribution in [0.5, 0.6) is 5.75 Å². The van der Waals surface area contributed by atoms with E-state index < -0.39 is 29.5 Å². The maximum atomic E-state index is 14.2. The van der Waals surface area contributed by atoms with Crippen molar-refractivity contribution >= 4 is 46.4 Å². The summed E-state index contributed by atoms with van der Waals surface area (Å²) in [5, 5.41) is 37.3. The highest BCUT2D eigenvalue weighted by Crippen LogP contribution is 2.51. The number of halogens is 1. The Labute approximate surface area is 407 Å². The summed E-state index contributed by atoms with van der Waals surface area (Å²) in [6.45, 7) is 12.1. The standard InChI is InChI=1S/C52H60ClN11O5/c1-6-32-12-11-31(19-39(32)53)24-54-47(67)42-20-36(65)27-64(42)48(68)45(51(3,4)5)58-50(69)62-28-52(29-62)22-35(23-52)61-16-13-33(14-17-61)34-25-55-49(56-26-34)63-18-15-40-44(30(63)2)38-21-41(59-60-46(38)57-40)37-9-7-8-10-43(37)66/h1,7-12,19,21,25-26,30,33,35-36,42,45,65-66H,13-18,20,22-24,27-29H2,2-5H3,(H,54,67)(H,57,60)(H,58,69)/t30-,36-,42+,45-/m1/s1. The van der Waals surface area contributed by atoms with Crippen molar-refractivity contribution in [3.8, 4) is 29.4 Å². The number of β-amino-alcohol motifs (C(OH)–C–C–N with tert-alkyl or cyclic N) is 1. The lowest BCUT2D eigenvalue weighted by atomic mass is 9.60. The molecule has 1 aliphatic carbocycles. The van der Waals surface area contributed by atoms with E-state index in [2.05, 4.69) is 48.5 Å². The molecule has 5 N–H and O–H groups in total. The minimum absolute atomic E-state index is 0.00198. The second-order valence-electron chi connectivity index (χ2n) is 21.0. The fraction of sp³-hybridized carbons (Fsp3) is 0.481. The van der Waals surface area contributed by atoms with Crippen LogP contribution in [0.1, 0.15) is 99.7 Å². The Hall–Kier alpha value is -6.28. The van der Waals surface area contributed by atoms with Crippen molar-refractivity contribution in [2.24, 2.45) is 10.8 Å². The van der Waals surface area contributed by atoms with E-state index in [1.165, 1.54) is 10.5 Å². The molecule has 17 heteroatoms. The number of aromatic hydroxyl groups is 1. The molecule has 0 radical (unpaired) electrons. The molecule has 4 atom stereocenters. The number of carbonyl (C=O) groups is 3. The largest absolute Gasteiger partial charge is 0.507 e. The molecular formula is C52H60ClN11O5. The number of terminal acetylenes is 1. The van der Waals surface area contributed by atoms with Crippen molar-refractivity contribution in [3.05, 3.63) is 93.9 Å². The predicted molar refractivity (Wildman–Crippen MR) is 262 cm³/mol. The van der Waals surface area contributed by atoms with Crippen molar-refractivity contribution in [3.63, 3.8) is 0 Å². The first-order valence-electron chi connectivity index (χ1n) is 24.1. The van der Waals surface area contributed by atoms with Crippen LogP contribution in [-0.4, -0.2) is 131 Å². The highest BCUT2D eigenvalue weighted by Gasteiger charge is 2.56. The number of nitrogens with zero attached hydrogens (tertiary/aromatic N) is 8. The average molecular weight is 955 g/mol. The number of H-pyrrole nitrogens is 1. The number of aromatic nitrogens is 5. The van der Waals surface area contributed by atoms with Gasteiger partial charge in [0.15, 0.2) is 5.65 Å².